The van der Waals surface area contributed by atoms with Gasteiger partial charge in [0.2, 0.25) is 0 Å². The fourth-order valence-corrected chi connectivity index (χ4v) is 3.60. The quantitative estimate of drug-likeness (QED) is 0.757. The van der Waals surface area contributed by atoms with Crippen LogP contribution < -0.4 is 5.32 Å². The number of carbonyl (C=O) groups is 1. The van der Waals surface area contributed by atoms with Crippen LogP contribution in [-0.2, 0) is 7.05 Å². The lowest BCUT2D eigenvalue weighted by Crippen LogP contribution is -2.46. The van der Waals surface area contributed by atoms with Crippen molar-refractivity contribution in [1.29, 1.82) is 0 Å². The number of nitrogens with zero attached hydrogens (tertiary/aromatic N) is 6. The van der Waals surface area contributed by atoms with Gasteiger partial charge < -0.3 is 9.80 Å². The SMILES string of the molecule is CN1CCC(N(C)C(=O)Nc2cc3cc(-c4cnn(C)c4)ccc3nn2)CC1. The molecule has 2 amide bonds. The number of likely N-dealkylation sites (tertiary alicyclic amines) is 1. The van der Waals surface area contributed by atoms with Crippen LogP contribution in [0.3, 0.4) is 0 Å². The topological polar surface area (TPSA) is 79.2 Å². The first-order chi connectivity index (χ1) is 13.5. The molecule has 146 valence electrons. The molecule has 1 saturated heterocycles. The Morgan fingerprint density at radius 2 is 1.93 bits per heavy atom. The first-order valence-electron chi connectivity index (χ1n) is 9.48. The number of hydrogen-bond acceptors (Lipinski definition) is 5. The van der Waals surface area contributed by atoms with Gasteiger partial charge >= 0.3 is 6.03 Å². The number of nitrogens with one attached hydrogen (secondary N) is 1. The van der Waals surface area contributed by atoms with E-state index in [9.17, 15) is 4.79 Å². The van der Waals surface area contributed by atoms with Crippen LogP contribution >= 0.6 is 0 Å². The van der Waals surface area contributed by atoms with Crippen LogP contribution in [0.15, 0.2) is 36.7 Å². The fourth-order valence-electron chi connectivity index (χ4n) is 3.60. The highest BCUT2D eigenvalue weighted by Crippen LogP contribution is 2.24. The number of urea groups is 1. The van der Waals surface area contributed by atoms with Crippen molar-refractivity contribution < 1.29 is 4.79 Å². The molecule has 1 aromatic carbocycles. The summed E-state index contributed by atoms with van der Waals surface area (Å²) in [5.74, 6) is 0.459. The Hall–Kier alpha value is -3.00. The van der Waals surface area contributed by atoms with Gasteiger partial charge in [-0.2, -0.15) is 5.10 Å². The minimum Gasteiger partial charge on any atom is -0.324 e. The third kappa shape index (κ3) is 3.82. The minimum atomic E-state index is -0.147. The third-order valence-electron chi connectivity index (χ3n) is 5.41. The van der Waals surface area contributed by atoms with Crippen LogP contribution in [-0.4, -0.2) is 69.0 Å². The molecule has 1 N–H and O–H groups in total. The second kappa shape index (κ2) is 7.55. The first-order valence-corrected chi connectivity index (χ1v) is 9.48. The Balaban J connectivity index is 1.51. The maximum absolute atomic E-state index is 12.6. The highest BCUT2D eigenvalue weighted by atomic mass is 16.2. The molecule has 0 atom stereocenters. The van der Waals surface area contributed by atoms with Crippen LogP contribution in [0.25, 0.3) is 22.0 Å². The summed E-state index contributed by atoms with van der Waals surface area (Å²) in [6, 6.07) is 7.94. The molecular formula is C20H25N7O. The van der Waals surface area contributed by atoms with Gasteiger partial charge in [0.1, 0.15) is 0 Å². The van der Waals surface area contributed by atoms with Crippen LogP contribution in [0.1, 0.15) is 12.8 Å². The molecule has 1 aliphatic heterocycles. The van der Waals surface area contributed by atoms with Gasteiger partial charge in [-0.25, -0.2) is 4.79 Å². The monoisotopic (exact) mass is 379 g/mol. The molecule has 28 heavy (non-hydrogen) atoms. The molecule has 1 aliphatic rings. The lowest BCUT2D eigenvalue weighted by molar-refractivity contribution is 0.156. The van der Waals surface area contributed by atoms with E-state index in [4.69, 9.17) is 0 Å². The van der Waals surface area contributed by atoms with Gasteiger partial charge in [-0.3, -0.25) is 10.00 Å². The molecule has 1 fully saturated rings. The van der Waals surface area contributed by atoms with Crippen LogP contribution in [0, 0.1) is 0 Å². The van der Waals surface area contributed by atoms with E-state index in [-0.39, 0.29) is 12.1 Å². The molecule has 8 heteroatoms. The zero-order valence-electron chi connectivity index (χ0n) is 16.5. The second-order valence-electron chi connectivity index (χ2n) is 7.48. The second-order valence-corrected chi connectivity index (χ2v) is 7.48. The number of piperidine rings is 1. The van der Waals surface area contributed by atoms with E-state index in [2.05, 4.69) is 32.6 Å². The largest absolute Gasteiger partial charge is 0.324 e. The van der Waals surface area contributed by atoms with Crippen molar-refractivity contribution in [2.24, 2.45) is 7.05 Å². The molecule has 3 heterocycles. The number of aromatic nitrogens is 4. The molecule has 0 aliphatic carbocycles. The molecule has 4 rings (SSSR count). The van der Waals surface area contributed by atoms with E-state index in [1.165, 1.54) is 0 Å². The molecule has 2 aromatic heterocycles. The normalized spacial score (nSPS) is 15.7. The Labute approximate surface area is 164 Å². The average Bonchev–Trinajstić information content (AvgIpc) is 3.14. The third-order valence-corrected chi connectivity index (χ3v) is 5.41. The number of rotatable bonds is 3. The molecule has 0 radical (unpaired) electrons. The lowest BCUT2D eigenvalue weighted by Gasteiger charge is -2.34. The van der Waals surface area contributed by atoms with E-state index in [0.717, 1.165) is 48.0 Å². The summed E-state index contributed by atoms with van der Waals surface area (Å²) in [4.78, 5) is 16.7. The Bertz CT molecular complexity index is 991. The van der Waals surface area contributed by atoms with Gasteiger partial charge in [0.05, 0.1) is 11.7 Å². The summed E-state index contributed by atoms with van der Waals surface area (Å²) in [5.41, 5.74) is 2.87. The summed E-state index contributed by atoms with van der Waals surface area (Å²) >= 11 is 0. The standard InChI is InChI=1S/C20H25N7O/c1-25-8-6-17(7-9-25)27(3)20(28)22-19-11-15-10-14(4-5-18(15)23-24-19)16-12-21-26(2)13-16/h4-5,10-13,17H,6-9H2,1-3H3,(H,22,24,28). The van der Waals surface area contributed by atoms with Crippen molar-refractivity contribution >= 4 is 22.8 Å². The van der Waals surface area contributed by atoms with Crippen molar-refractivity contribution in [2.45, 2.75) is 18.9 Å². The number of hydrogen-bond donors (Lipinski definition) is 1. The molecule has 0 saturated carbocycles. The lowest BCUT2D eigenvalue weighted by atomic mass is 10.0. The number of carbonyl (C=O) groups excluding carboxylic acids is 1. The Morgan fingerprint density at radius 3 is 2.64 bits per heavy atom. The summed E-state index contributed by atoms with van der Waals surface area (Å²) in [5, 5.41) is 16.4. The van der Waals surface area contributed by atoms with E-state index in [1.807, 2.05) is 50.8 Å². The summed E-state index contributed by atoms with van der Waals surface area (Å²) in [6.45, 7) is 2.02. The molecule has 3 aromatic rings. The van der Waals surface area contributed by atoms with E-state index in [0.29, 0.717) is 5.82 Å². The smallest absolute Gasteiger partial charge is 0.323 e. The average molecular weight is 379 g/mol. The zero-order valence-corrected chi connectivity index (χ0v) is 16.5. The fraction of sp³-hybridized carbons (Fsp3) is 0.400. The number of benzene rings is 1. The van der Waals surface area contributed by atoms with Gasteiger partial charge in [0.25, 0.3) is 0 Å². The van der Waals surface area contributed by atoms with Crippen molar-refractivity contribution in [1.82, 2.24) is 29.8 Å². The number of anilines is 1. The number of amides is 2. The maximum Gasteiger partial charge on any atom is 0.323 e. The van der Waals surface area contributed by atoms with Crippen molar-refractivity contribution in [2.75, 3.05) is 32.5 Å². The molecule has 0 unspecified atom stereocenters. The summed E-state index contributed by atoms with van der Waals surface area (Å²) in [6.07, 6.45) is 5.76. The molecular weight excluding hydrogens is 354 g/mol. The molecule has 0 spiro atoms. The van der Waals surface area contributed by atoms with Crippen LogP contribution in [0.4, 0.5) is 10.6 Å². The van der Waals surface area contributed by atoms with Gasteiger partial charge in [0.15, 0.2) is 5.82 Å². The Morgan fingerprint density at radius 1 is 1.14 bits per heavy atom. The zero-order chi connectivity index (χ0) is 19.7. The molecule has 8 nitrogen and oxygen atoms in total. The van der Waals surface area contributed by atoms with Crippen molar-refractivity contribution in [3.63, 3.8) is 0 Å². The molecule has 0 bridgehead atoms. The maximum atomic E-state index is 12.6. The number of aryl methyl sites for hydroxylation is 1. The first kappa shape index (κ1) is 18.4. The van der Waals surface area contributed by atoms with Gasteiger partial charge in [-0.1, -0.05) is 6.07 Å². The van der Waals surface area contributed by atoms with Crippen LogP contribution in [0.2, 0.25) is 0 Å². The minimum absolute atomic E-state index is 0.147. The van der Waals surface area contributed by atoms with Gasteiger partial charge in [-0.05, 0) is 56.7 Å². The summed E-state index contributed by atoms with van der Waals surface area (Å²) in [7, 11) is 5.85. The number of fused-ring (bicyclic) bond motifs is 1. The summed E-state index contributed by atoms with van der Waals surface area (Å²) < 4.78 is 1.77. The Kier molecular flexibility index (Phi) is 4.95. The van der Waals surface area contributed by atoms with Crippen molar-refractivity contribution in [3.8, 4) is 11.1 Å². The van der Waals surface area contributed by atoms with Gasteiger partial charge in [0, 0.05) is 37.3 Å². The van der Waals surface area contributed by atoms with Crippen molar-refractivity contribution in [3.05, 3.63) is 36.7 Å². The van der Waals surface area contributed by atoms with E-state index < -0.39 is 0 Å². The van der Waals surface area contributed by atoms with E-state index in [1.54, 1.807) is 9.58 Å². The predicted molar refractivity (Wildman–Crippen MR) is 109 cm³/mol. The van der Waals surface area contributed by atoms with E-state index >= 15 is 0 Å². The predicted octanol–water partition coefficient (Wildman–Crippen LogP) is 2.59. The van der Waals surface area contributed by atoms with Crippen LogP contribution in [0.5, 0.6) is 0 Å². The highest BCUT2D eigenvalue weighted by molar-refractivity contribution is 5.91. The highest BCUT2D eigenvalue weighted by Gasteiger charge is 2.24. The van der Waals surface area contributed by atoms with Gasteiger partial charge in [-0.15, -0.1) is 10.2 Å².